The maximum absolute atomic E-state index is 5.92. The molecule has 0 saturated heterocycles. The second-order valence-electron chi connectivity index (χ2n) is 2.62. The molecular formula is C9H12ClNOS. The van der Waals surface area contributed by atoms with Crippen molar-refractivity contribution in [2.75, 3.05) is 19.1 Å². The molecule has 1 aromatic carbocycles. The molecule has 0 aliphatic carbocycles. The Morgan fingerprint density at radius 2 is 2.23 bits per heavy atom. The molecule has 4 heteroatoms. The van der Waals surface area contributed by atoms with Crippen LogP contribution in [-0.2, 0) is 5.75 Å². The SMILES string of the molecule is COc1cc(Cl)c(N)c(CSC)c1. The Bertz CT molecular complexity index is 304. The van der Waals surface area contributed by atoms with Gasteiger partial charge >= 0.3 is 0 Å². The van der Waals surface area contributed by atoms with Crippen molar-refractivity contribution in [2.24, 2.45) is 0 Å². The zero-order chi connectivity index (χ0) is 9.84. The molecule has 0 amide bonds. The number of thioether (sulfide) groups is 1. The van der Waals surface area contributed by atoms with Crippen LogP contribution >= 0.6 is 23.4 Å². The van der Waals surface area contributed by atoms with E-state index in [0.29, 0.717) is 10.7 Å². The van der Waals surface area contributed by atoms with E-state index in [1.165, 1.54) is 0 Å². The van der Waals surface area contributed by atoms with Crippen molar-refractivity contribution >= 4 is 29.1 Å². The Labute approximate surface area is 87.4 Å². The van der Waals surface area contributed by atoms with Gasteiger partial charge in [0.1, 0.15) is 5.75 Å². The Morgan fingerprint density at radius 1 is 1.54 bits per heavy atom. The van der Waals surface area contributed by atoms with Gasteiger partial charge in [-0.05, 0) is 17.9 Å². The first-order valence-electron chi connectivity index (χ1n) is 3.80. The number of rotatable bonds is 3. The molecule has 0 radical (unpaired) electrons. The van der Waals surface area contributed by atoms with Crippen LogP contribution in [-0.4, -0.2) is 13.4 Å². The van der Waals surface area contributed by atoms with Crippen molar-refractivity contribution in [2.45, 2.75) is 5.75 Å². The van der Waals surface area contributed by atoms with Crippen molar-refractivity contribution in [3.05, 3.63) is 22.7 Å². The molecule has 1 rings (SSSR count). The lowest BCUT2D eigenvalue weighted by Gasteiger charge is -2.08. The standard InChI is InChI=1S/C9H12ClNOS/c1-12-7-3-6(5-13-2)9(11)8(10)4-7/h3-4H,5,11H2,1-2H3. The number of anilines is 1. The normalized spacial score (nSPS) is 10.1. The molecule has 0 aliphatic rings. The highest BCUT2D eigenvalue weighted by Gasteiger charge is 2.06. The number of halogens is 1. The van der Waals surface area contributed by atoms with Gasteiger partial charge in [-0.15, -0.1) is 0 Å². The van der Waals surface area contributed by atoms with Gasteiger partial charge in [0.2, 0.25) is 0 Å². The lowest BCUT2D eigenvalue weighted by molar-refractivity contribution is 0.414. The first-order valence-corrected chi connectivity index (χ1v) is 5.57. The van der Waals surface area contributed by atoms with Crippen molar-refractivity contribution in [1.29, 1.82) is 0 Å². The highest BCUT2D eigenvalue weighted by Crippen LogP contribution is 2.30. The van der Waals surface area contributed by atoms with E-state index in [2.05, 4.69) is 0 Å². The summed E-state index contributed by atoms with van der Waals surface area (Å²) >= 11 is 7.62. The minimum atomic E-state index is 0.559. The molecule has 2 nitrogen and oxygen atoms in total. The highest BCUT2D eigenvalue weighted by atomic mass is 35.5. The first kappa shape index (κ1) is 10.5. The number of methoxy groups -OCH3 is 1. The van der Waals surface area contributed by atoms with Crippen LogP contribution in [0, 0.1) is 0 Å². The summed E-state index contributed by atoms with van der Waals surface area (Å²) in [6.07, 6.45) is 2.02. The van der Waals surface area contributed by atoms with Crippen molar-refractivity contribution < 1.29 is 4.74 Å². The third-order valence-corrected chi connectivity index (χ3v) is 2.64. The maximum Gasteiger partial charge on any atom is 0.120 e. The average molecular weight is 218 g/mol. The quantitative estimate of drug-likeness (QED) is 0.791. The summed E-state index contributed by atoms with van der Waals surface area (Å²) in [7, 11) is 1.62. The largest absolute Gasteiger partial charge is 0.497 e. The fourth-order valence-electron chi connectivity index (χ4n) is 1.04. The van der Waals surface area contributed by atoms with Crippen LogP contribution in [0.15, 0.2) is 12.1 Å². The van der Waals surface area contributed by atoms with E-state index in [1.54, 1.807) is 24.9 Å². The van der Waals surface area contributed by atoms with Crippen molar-refractivity contribution in [3.8, 4) is 5.75 Å². The lowest BCUT2D eigenvalue weighted by Crippen LogP contribution is -1.95. The Hall–Kier alpha value is -0.540. The van der Waals surface area contributed by atoms with E-state index < -0.39 is 0 Å². The number of ether oxygens (including phenoxy) is 1. The summed E-state index contributed by atoms with van der Waals surface area (Å²) < 4.78 is 5.09. The fourth-order valence-corrected chi connectivity index (χ4v) is 1.82. The first-order chi connectivity index (χ1) is 6.19. The van der Waals surface area contributed by atoms with Crippen LogP contribution in [0.2, 0.25) is 5.02 Å². The van der Waals surface area contributed by atoms with Crippen LogP contribution in [0.1, 0.15) is 5.56 Å². The number of hydrogen-bond donors (Lipinski definition) is 1. The van der Waals surface area contributed by atoms with E-state index in [1.807, 2.05) is 12.3 Å². The second kappa shape index (κ2) is 4.63. The summed E-state index contributed by atoms with van der Waals surface area (Å²) in [5.41, 5.74) is 7.47. The van der Waals surface area contributed by atoms with E-state index in [0.717, 1.165) is 17.1 Å². The summed E-state index contributed by atoms with van der Waals surface area (Å²) in [4.78, 5) is 0. The van der Waals surface area contributed by atoms with Crippen LogP contribution in [0.4, 0.5) is 5.69 Å². The van der Waals surface area contributed by atoms with Crippen LogP contribution in [0.25, 0.3) is 0 Å². The molecular weight excluding hydrogens is 206 g/mol. The smallest absolute Gasteiger partial charge is 0.120 e. The number of hydrogen-bond acceptors (Lipinski definition) is 3. The molecule has 1 aromatic rings. The minimum Gasteiger partial charge on any atom is -0.497 e. The zero-order valence-electron chi connectivity index (χ0n) is 7.63. The number of nitrogens with two attached hydrogens (primary N) is 1. The Morgan fingerprint density at radius 3 is 2.77 bits per heavy atom. The van der Waals surface area contributed by atoms with Gasteiger partial charge < -0.3 is 10.5 Å². The van der Waals surface area contributed by atoms with Gasteiger partial charge in [0.05, 0.1) is 17.8 Å². The van der Waals surface area contributed by atoms with Gasteiger partial charge in [-0.3, -0.25) is 0 Å². The van der Waals surface area contributed by atoms with Gasteiger partial charge in [0.15, 0.2) is 0 Å². The van der Waals surface area contributed by atoms with Gasteiger partial charge in [-0.2, -0.15) is 11.8 Å². The molecule has 0 atom stereocenters. The van der Waals surface area contributed by atoms with Crippen molar-refractivity contribution in [3.63, 3.8) is 0 Å². The summed E-state index contributed by atoms with van der Waals surface area (Å²) in [5, 5.41) is 0.559. The van der Waals surface area contributed by atoms with Gasteiger partial charge in [-0.25, -0.2) is 0 Å². The molecule has 0 bridgehead atoms. The Balaban J connectivity index is 3.09. The van der Waals surface area contributed by atoms with Gasteiger partial charge in [-0.1, -0.05) is 11.6 Å². The molecule has 0 aromatic heterocycles. The predicted molar refractivity (Wildman–Crippen MR) is 59.6 cm³/mol. The predicted octanol–water partition coefficient (Wildman–Crippen LogP) is 2.79. The number of nitrogen functional groups attached to an aromatic ring is 1. The molecule has 2 N–H and O–H groups in total. The highest BCUT2D eigenvalue weighted by molar-refractivity contribution is 7.97. The third-order valence-electron chi connectivity index (χ3n) is 1.72. The Kier molecular flexibility index (Phi) is 3.75. The van der Waals surface area contributed by atoms with Gasteiger partial charge in [0.25, 0.3) is 0 Å². The second-order valence-corrected chi connectivity index (χ2v) is 3.89. The molecule has 0 aliphatic heterocycles. The number of benzene rings is 1. The van der Waals surface area contributed by atoms with E-state index in [-0.39, 0.29) is 0 Å². The summed E-state index contributed by atoms with van der Waals surface area (Å²) in [6, 6.07) is 3.64. The zero-order valence-corrected chi connectivity index (χ0v) is 9.21. The molecule has 0 fully saturated rings. The monoisotopic (exact) mass is 217 g/mol. The summed E-state index contributed by atoms with van der Waals surface area (Å²) in [5.74, 6) is 1.60. The van der Waals surface area contributed by atoms with Crippen LogP contribution in [0.5, 0.6) is 5.75 Å². The van der Waals surface area contributed by atoms with Crippen molar-refractivity contribution in [1.82, 2.24) is 0 Å². The molecule has 0 heterocycles. The van der Waals surface area contributed by atoms with Crippen LogP contribution < -0.4 is 10.5 Å². The average Bonchev–Trinajstić information content (AvgIpc) is 2.13. The van der Waals surface area contributed by atoms with E-state index in [9.17, 15) is 0 Å². The maximum atomic E-state index is 5.92. The summed E-state index contributed by atoms with van der Waals surface area (Å²) in [6.45, 7) is 0. The molecule has 0 saturated carbocycles. The molecule has 0 spiro atoms. The molecule has 72 valence electrons. The minimum absolute atomic E-state index is 0.559. The third kappa shape index (κ3) is 2.45. The van der Waals surface area contributed by atoms with E-state index >= 15 is 0 Å². The van der Waals surface area contributed by atoms with E-state index in [4.69, 9.17) is 22.1 Å². The van der Waals surface area contributed by atoms with Gasteiger partial charge in [0, 0.05) is 11.8 Å². The topological polar surface area (TPSA) is 35.2 Å². The fraction of sp³-hybridized carbons (Fsp3) is 0.333. The lowest BCUT2D eigenvalue weighted by atomic mass is 10.2. The van der Waals surface area contributed by atoms with Crippen LogP contribution in [0.3, 0.4) is 0 Å². The molecule has 13 heavy (non-hydrogen) atoms. The molecule has 0 unspecified atom stereocenters.